The first kappa shape index (κ1) is 18.2. The first-order valence-electron chi connectivity index (χ1n) is 7.53. The molecule has 3 amide bonds. The number of rotatable bonds is 5. The van der Waals surface area contributed by atoms with Gasteiger partial charge in [0.15, 0.2) is 0 Å². The number of ether oxygens (including phenoxy) is 1. The van der Waals surface area contributed by atoms with E-state index in [2.05, 4.69) is 10.1 Å². The Labute approximate surface area is 157 Å². The monoisotopic (exact) mass is 390 g/mol. The van der Waals surface area contributed by atoms with Crippen molar-refractivity contribution in [1.82, 2.24) is 4.90 Å². The number of nitrogens with one attached hydrogen (secondary N) is 1. The number of benzene rings is 1. The van der Waals surface area contributed by atoms with Gasteiger partial charge in [0.2, 0.25) is 5.91 Å². The van der Waals surface area contributed by atoms with Crippen LogP contribution in [0.15, 0.2) is 35.7 Å². The van der Waals surface area contributed by atoms with Gasteiger partial charge in [0.05, 0.1) is 25.0 Å². The fraction of sp³-hybridized carbons (Fsp3) is 0.176. The van der Waals surface area contributed by atoms with E-state index < -0.39 is 11.9 Å². The van der Waals surface area contributed by atoms with Crippen LogP contribution in [0, 0.1) is 0 Å². The summed E-state index contributed by atoms with van der Waals surface area (Å²) in [6, 6.07) is 8.23. The minimum absolute atomic E-state index is 0.123. The fourth-order valence-corrected chi connectivity index (χ4v) is 3.87. The number of anilines is 1. The van der Waals surface area contributed by atoms with Crippen molar-refractivity contribution in [2.24, 2.45) is 0 Å². The molecule has 1 aliphatic heterocycles. The zero-order chi connectivity index (χ0) is 18.7. The standard InChI is InChI=1S/C17H14N2O5S2/c1-24-16(22)12-5-6-25-15(12)18-14(21)11-4-2-3-10(7-11)8-19-13(20)9-26-17(19)23/h2-7H,8-9H2,1H3,(H,18,21). The van der Waals surface area contributed by atoms with Gasteiger partial charge in [-0.2, -0.15) is 0 Å². The van der Waals surface area contributed by atoms with Gasteiger partial charge in [-0.15, -0.1) is 11.3 Å². The molecule has 0 saturated carbocycles. The van der Waals surface area contributed by atoms with Gasteiger partial charge in [-0.3, -0.25) is 19.3 Å². The smallest absolute Gasteiger partial charge is 0.340 e. The van der Waals surface area contributed by atoms with Gasteiger partial charge < -0.3 is 10.1 Å². The van der Waals surface area contributed by atoms with Crippen LogP contribution < -0.4 is 5.32 Å². The largest absolute Gasteiger partial charge is 0.465 e. The number of amides is 3. The van der Waals surface area contributed by atoms with Crippen LogP contribution in [-0.2, 0) is 16.1 Å². The normalized spacial score (nSPS) is 13.8. The summed E-state index contributed by atoms with van der Waals surface area (Å²) in [5.41, 5.74) is 1.31. The van der Waals surface area contributed by atoms with Crippen LogP contribution in [0.2, 0.25) is 0 Å². The molecule has 1 saturated heterocycles. The maximum Gasteiger partial charge on any atom is 0.340 e. The maximum absolute atomic E-state index is 12.5. The fourth-order valence-electron chi connectivity index (χ4n) is 2.38. The summed E-state index contributed by atoms with van der Waals surface area (Å²) >= 11 is 2.18. The number of methoxy groups -OCH3 is 1. The number of hydrogen-bond acceptors (Lipinski definition) is 7. The number of esters is 1. The molecule has 0 aliphatic carbocycles. The SMILES string of the molecule is COC(=O)c1ccsc1NC(=O)c1cccc(CN2C(=O)CSC2=O)c1. The number of thioether (sulfide) groups is 1. The zero-order valence-corrected chi connectivity index (χ0v) is 15.3. The highest BCUT2D eigenvalue weighted by Crippen LogP contribution is 2.25. The predicted molar refractivity (Wildman–Crippen MR) is 98.5 cm³/mol. The molecule has 3 rings (SSSR count). The van der Waals surface area contributed by atoms with Crippen LogP contribution in [0.4, 0.5) is 9.80 Å². The van der Waals surface area contributed by atoms with Crippen molar-refractivity contribution >= 4 is 51.1 Å². The van der Waals surface area contributed by atoms with Gasteiger partial charge in [0.1, 0.15) is 5.00 Å². The van der Waals surface area contributed by atoms with Crippen molar-refractivity contribution in [2.75, 3.05) is 18.2 Å². The van der Waals surface area contributed by atoms with E-state index in [0.717, 1.165) is 16.7 Å². The van der Waals surface area contributed by atoms with Crippen LogP contribution in [0.25, 0.3) is 0 Å². The van der Waals surface area contributed by atoms with E-state index >= 15 is 0 Å². The van der Waals surface area contributed by atoms with E-state index in [-0.39, 0.29) is 29.0 Å². The van der Waals surface area contributed by atoms with Crippen molar-refractivity contribution < 1.29 is 23.9 Å². The number of hydrogen-bond donors (Lipinski definition) is 1. The van der Waals surface area contributed by atoms with Crippen LogP contribution in [0.5, 0.6) is 0 Å². The molecule has 134 valence electrons. The second kappa shape index (κ2) is 7.71. The molecule has 2 heterocycles. The maximum atomic E-state index is 12.5. The zero-order valence-electron chi connectivity index (χ0n) is 13.7. The van der Waals surface area contributed by atoms with Crippen LogP contribution >= 0.6 is 23.1 Å². The third kappa shape index (κ3) is 3.78. The lowest BCUT2D eigenvalue weighted by Crippen LogP contribution is -2.28. The predicted octanol–water partition coefficient (Wildman–Crippen LogP) is 2.98. The molecule has 0 radical (unpaired) electrons. The first-order valence-corrected chi connectivity index (χ1v) is 9.39. The number of imide groups is 1. The second-order valence-electron chi connectivity index (χ2n) is 5.34. The minimum atomic E-state index is -0.529. The van der Waals surface area contributed by atoms with E-state index in [1.54, 1.807) is 35.7 Å². The lowest BCUT2D eigenvalue weighted by molar-refractivity contribution is -0.125. The number of carbonyl (C=O) groups excluding carboxylic acids is 4. The molecule has 2 aromatic rings. The molecule has 1 aromatic heterocycles. The van der Waals surface area contributed by atoms with Crippen molar-refractivity contribution in [2.45, 2.75) is 6.54 Å². The van der Waals surface area contributed by atoms with Gasteiger partial charge in [-0.1, -0.05) is 23.9 Å². The van der Waals surface area contributed by atoms with E-state index in [9.17, 15) is 19.2 Å². The average Bonchev–Trinajstić information content (AvgIpc) is 3.23. The quantitative estimate of drug-likeness (QED) is 0.789. The lowest BCUT2D eigenvalue weighted by Gasteiger charge is -2.13. The highest BCUT2D eigenvalue weighted by atomic mass is 32.2. The van der Waals surface area contributed by atoms with E-state index in [0.29, 0.717) is 16.1 Å². The summed E-state index contributed by atoms with van der Waals surface area (Å²) in [5.74, 6) is -1.02. The van der Waals surface area contributed by atoms with Gasteiger partial charge in [-0.25, -0.2) is 4.79 Å². The molecule has 1 aliphatic rings. The molecular formula is C17H14N2O5S2. The number of thiophene rings is 1. The Balaban J connectivity index is 1.75. The molecule has 0 bridgehead atoms. The second-order valence-corrected chi connectivity index (χ2v) is 7.19. The minimum Gasteiger partial charge on any atom is -0.465 e. The van der Waals surface area contributed by atoms with Crippen LogP contribution in [0.3, 0.4) is 0 Å². The van der Waals surface area contributed by atoms with Crippen molar-refractivity contribution in [3.63, 3.8) is 0 Å². The molecule has 1 N–H and O–H groups in total. The van der Waals surface area contributed by atoms with Crippen LogP contribution in [0.1, 0.15) is 26.3 Å². The molecule has 1 aromatic carbocycles. The summed E-state index contributed by atoms with van der Waals surface area (Å²) < 4.78 is 4.68. The lowest BCUT2D eigenvalue weighted by atomic mass is 10.1. The van der Waals surface area contributed by atoms with Crippen molar-refractivity contribution in [1.29, 1.82) is 0 Å². The highest BCUT2D eigenvalue weighted by molar-refractivity contribution is 8.14. The molecular weight excluding hydrogens is 376 g/mol. The first-order chi connectivity index (χ1) is 12.5. The highest BCUT2D eigenvalue weighted by Gasteiger charge is 2.29. The number of carbonyl (C=O) groups is 4. The summed E-state index contributed by atoms with van der Waals surface area (Å²) in [7, 11) is 1.27. The van der Waals surface area contributed by atoms with E-state index in [1.165, 1.54) is 18.4 Å². The van der Waals surface area contributed by atoms with Crippen LogP contribution in [-0.4, -0.2) is 40.8 Å². The van der Waals surface area contributed by atoms with E-state index in [4.69, 9.17) is 0 Å². The Bertz CT molecular complexity index is 877. The van der Waals surface area contributed by atoms with Crippen molar-refractivity contribution in [3.05, 3.63) is 52.4 Å². The summed E-state index contributed by atoms with van der Waals surface area (Å²) in [6.07, 6.45) is 0. The molecule has 7 nitrogen and oxygen atoms in total. The van der Waals surface area contributed by atoms with Gasteiger partial charge in [0, 0.05) is 5.56 Å². The molecule has 0 atom stereocenters. The molecule has 1 fully saturated rings. The molecule has 26 heavy (non-hydrogen) atoms. The Morgan fingerprint density at radius 2 is 2.08 bits per heavy atom. The average molecular weight is 390 g/mol. The summed E-state index contributed by atoms with van der Waals surface area (Å²) in [4.78, 5) is 48.7. The van der Waals surface area contributed by atoms with Crippen molar-refractivity contribution in [3.8, 4) is 0 Å². The Hall–Kier alpha value is -2.65. The van der Waals surface area contributed by atoms with Gasteiger partial charge >= 0.3 is 5.97 Å². The Morgan fingerprint density at radius 1 is 1.27 bits per heavy atom. The third-order valence-corrected chi connectivity index (χ3v) is 5.36. The molecule has 0 unspecified atom stereocenters. The molecule has 0 spiro atoms. The molecule has 9 heteroatoms. The summed E-state index contributed by atoms with van der Waals surface area (Å²) in [5, 5.41) is 4.48. The third-order valence-electron chi connectivity index (χ3n) is 3.67. The summed E-state index contributed by atoms with van der Waals surface area (Å²) in [6.45, 7) is 0.123. The van der Waals surface area contributed by atoms with E-state index in [1.807, 2.05) is 0 Å². The number of nitrogens with zero attached hydrogens (tertiary/aromatic N) is 1. The topological polar surface area (TPSA) is 92.8 Å². The van der Waals surface area contributed by atoms with Gasteiger partial charge in [0.25, 0.3) is 11.1 Å². The van der Waals surface area contributed by atoms with Gasteiger partial charge in [-0.05, 0) is 29.1 Å². The Morgan fingerprint density at radius 3 is 2.77 bits per heavy atom. The Kier molecular flexibility index (Phi) is 5.38.